The van der Waals surface area contributed by atoms with Crippen LogP contribution in [0, 0.1) is 0 Å². The molecule has 0 rings (SSSR count). The van der Waals surface area contributed by atoms with Crippen molar-refractivity contribution in [3.63, 3.8) is 0 Å². The predicted molar refractivity (Wildman–Crippen MR) is 102 cm³/mol. The van der Waals surface area contributed by atoms with E-state index in [2.05, 4.69) is 25.3 Å². The molecule has 0 aliphatic rings. The Bertz CT molecular complexity index is 234. The fourth-order valence-electron chi connectivity index (χ4n) is 3.07. The van der Waals surface area contributed by atoms with Crippen molar-refractivity contribution in [3.8, 4) is 0 Å². The molecule has 0 heteroatoms. The standard InChI is InChI=1S/C22H42/c1-3-5-7-9-11-13-15-17-19-21-22-20-18-16-14-12-10-8-6-4-2/h5H,1,4,6-22H2,2H3. The number of hydrogen-bond acceptors (Lipinski definition) is 0. The lowest BCUT2D eigenvalue weighted by atomic mass is 10.0. The summed E-state index contributed by atoms with van der Waals surface area (Å²) >= 11 is 0. The molecule has 0 saturated heterocycles. The van der Waals surface area contributed by atoms with E-state index in [0.717, 1.165) is 0 Å². The van der Waals surface area contributed by atoms with Gasteiger partial charge in [-0.1, -0.05) is 116 Å². The zero-order valence-electron chi connectivity index (χ0n) is 15.5. The van der Waals surface area contributed by atoms with E-state index in [1.807, 2.05) is 0 Å². The normalized spacial score (nSPS) is 10.6. The first-order valence-electron chi connectivity index (χ1n) is 10.3. The van der Waals surface area contributed by atoms with Crippen LogP contribution in [0.15, 0.2) is 18.4 Å². The Morgan fingerprint density at radius 1 is 0.545 bits per heavy atom. The molecule has 0 aromatic carbocycles. The summed E-state index contributed by atoms with van der Waals surface area (Å²) in [6, 6.07) is 0. The molecular weight excluding hydrogens is 264 g/mol. The number of rotatable bonds is 18. The van der Waals surface area contributed by atoms with Crippen molar-refractivity contribution in [1.29, 1.82) is 0 Å². The molecule has 0 saturated carbocycles. The second-order valence-electron chi connectivity index (χ2n) is 6.85. The zero-order valence-corrected chi connectivity index (χ0v) is 15.5. The van der Waals surface area contributed by atoms with Gasteiger partial charge < -0.3 is 0 Å². The van der Waals surface area contributed by atoms with E-state index in [-0.39, 0.29) is 0 Å². The summed E-state index contributed by atoms with van der Waals surface area (Å²) in [5.74, 6) is 0. The van der Waals surface area contributed by atoms with Gasteiger partial charge in [0.2, 0.25) is 0 Å². The number of hydrogen-bond donors (Lipinski definition) is 0. The van der Waals surface area contributed by atoms with Crippen molar-refractivity contribution in [2.75, 3.05) is 0 Å². The molecule has 0 nitrogen and oxygen atoms in total. The second-order valence-corrected chi connectivity index (χ2v) is 6.85. The van der Waals surface area contributed by atoms with Gasteiger partial charge in [0.15, 0.2) is 0 Å². The Morgan fingerprint density at radius 3 is 1.18 bits per heavy atom. The summed E-state index contributed by atoms with van der Waals surface area (Å²) in [7, 11) is 0. The van der Waals surface area contributed by atoms with E-state index < -0.39 is 0 Å². The first-order chi connectivity index (χ1) is 10.9. The molecule has 0 aliphatic heterocycles. The molecule has 0 atom stereocenters. The molecule has 22 heavy (non-hydrogen) atoms. The maximum Gasteiger partial charge on any atom is -0.0275 e. The van der Waals surface area contributed by atoms with Gasteiger partial charge in [0.1, 0.15) is 0 Å². The van der Waals surface area contributed by atoms with Crippen LogP contribution in [0.25, 0.3) is 0 Å². The van der Waals surface area contributed by atoms with Crippen LogP contribution in [0.1, 0.15) is 122 Å². The topological polar surface area (TPSA) is 0 Å². The van der Waals surface area contributed by atoms with E-state index in [1.165, 1.54) is 116 Å². The Labute approximate surface area is 141 Å². The minimum atomic E-state index is 1.17. The minimum absolute atomic E-state index is 1.17. The van der Waals surface area contributed by atoms with Crippen LogP contribution < -0.4 is 0 Å². The van der Waals surface area contributed by atoms with E-state index in [1.54, 1.807) is 0 Å². The highest BCUT2D eigenvalue weighted by Gasteiger charge is 1.94. The van der Waals surface area contributed by atoms with Crippen LogP contribution in [0.4, 0.5) is 0 Å². The molecule has 0 aromatic heterocycles. The van der Waals surface area contributed by atoms with E-state index in [9.17, 15) is 0 Å². The third-order valence-electron chi connectivity index (χ3n) is 4.60. The number of unbranched alkanes of at least 4 members (excludes halogenated alkanes) is 17. The predicted octanol–water partition coefficient (Wildman–Crippen LogP) is 8.37. The van der Waals surface area contributed by atoms with E-state index in [4.69, 9.17) is 0 Å². The molecular formula is C22H42. The summed E-state index contributed by atoms with van der Waals surface area (Å²) in [5.41, 5.74) is 2.85. The fraction of sp³-hybridized carbons (Fsp3) is 0.864. The fourth-order valence-corrected chi connectivity index (χ4v) is 3.07. The summed E-state index contributed by atoms with van der Waals surface area (Å²) in [4.78, 5) is 0. The van der Waals surface area contributed by atoms with Crippen molar-refractivity contribution in [2.45, 2.75) is 122 Å². The maximum absolute atomic E-state index is 3.59. The monoisotopic (exact) mass is 306 g/mol. The SMILES string of the molecule is C=C=CCCCCCCCCCCCCCCCCCCC. The van der Waals surface area contributed by atoms with Crippen molar-refractivity contribution in [1.82, 2.24) is 0 Å². The van der Waals surface area contributed by atoms with E-state index in [0.29, 0.717) is 0 Å². The van der Waals surface area contributed by atoms with Gasteiger partial charge in [-0.25, -0.2) is 0 Å². The van der Waals surface area contributed by atoms with Gasteiger partial charge in [0.25, 0.3) is 0 Å². The highest BCUT2D eigenvalue weighted by molar-refractivity contribution is 4.74. The molecule has 0 aromatic rings. The average Bonchev–Trinajstić information content (AvgIpc) is 2.54. The van der Waals surface area contributed by atoms with E-state index >= 15 is 0 Å². The van der Waals surface area contributed by atoms with Crippen LogP contribution in [-0.4, -0.2) is 0 Å². The highest BCUT2D eigenvalue weighted by atomic mass is 14.0. The lowest BCUT2D eigenvalue weighted by Gasteiger charge is -2.03. The van der Waals surface area contributed by atoms with Crippen LogP contribution in [0.2, 0.25) is 0 Å². The molecule has 0 spiro atoms. The second kappa shape index (κ2) is 20.5. The molecule has 0 radical (unpaired) electrons. The molecule has 0 amide bonds. The van der Waals surface area contributed by atoms with Gasteiger partial charge in [-0.05, 0) is 18.9 Å². The van der Waals surface area contributed by atoms with Gasteiger partial charge in [0, 0.05) is 0 Å². The average molecular weight is 307 g/mol. The van der Waals surface area contributed by atoms with Crippen LogP contribution in [-0.2, 0) is 0 Å². The smallest absolute Gasteiger partial charge is 0.0275 e. The Morgan fingerprint density at radius 2 is 0.864 bits per heavy atom. The molecule has 0 fully saturated rings. The van der Waals surface area contributed by atoms with Crippen molar-refractivity contribution in [3.05, 3.63) is 18.4 Å². The summed E-state index contributed by atoms with van der Waals surface area (Å²) < 4.78 is 0. The number of allylic oxidation sites excluding steroid dienone is 1. The third-order valence-corrected chi connectivity index (χ3v) is 4.60. The van der Waals surface area contributed by atoms with Gasteiger partial charge in [0.05, 0.1) is 0 Å². The first kappa shape index (κ1) is 21.5. The van der Waals surface area contributed by atoms with Crippen molar-refractivity contribution < 1.29 is 0 Å². The van der Waals surface area contributed by atoms with Crippen molar-refractivity contribution >= 4 is 0 Å². The first-order valence-corrected chi connectivity index (χ1v) is 10.3. The molecule has 130 valence electrons. The lowest BCUT2D eigenvalue weighted by molar-refractivity contribution is 0.527. The van der Waals surface area contributed by atoms with Gasteiger partial charge in [-0.15, -0.1) is 5.73 Å². The highest BCUT2D eigenvalue weighted by Crippen LogP contribution is 2.14. The molecule has 0 bridgehead atoms. The molecule has 0 unspecified atom stereocenters. The third kappa shape index (κ3) is 19.5. The molecule has 0 heterocycles. The Kier molecular flexibility index (Phi) is 20.1. The van der Waals surface area contributed by atoms with Gasteiger partial charge in [-0.2, -0.15) is 0 Å². The largest absolute Gasteiger partial charge is 0.133 e. The van der Waals surface area contributed by atoms with Crippen molar-refractivity contribution in [2.24, 2.45) is 0 Å². The molecule has 0 N–H and O–H groups in total. The van der Waals surface area contributed by atoms with Crippen LogP contribution >= 0.6 is 0 Å². The summed E-state index contributed by atoms with van der Waals surface area (Å²) in [6.07, 6.45) is 27.8. The maximum atomic E-state index is 3.59. The Balaban J connectivity index is 2.95. The zero-order chi connectivity index (χ0) is 16.1. The Hall–Kier alpha value is -0.480. The molecule has 0 aliphatic carbocycles. The minimum Gasteiger partial charge on any atom is -0.133 e. The van der Waals surface area contributed by atoms with Gasteiger partial charge >= 0.3 is 0 Å². The summed E-state index contributed by atoms with van der Waals surface area (Å²) in [5, 5.41) is 0. The quantitative estimate of drug-likeness (QED) is 0.176. The van der Waals surface area contributed by atoms with Crippen LogP contribution in [0.3, 0.4) is 0 Å². The summed E-state index contributed by atoms with van der Waals surface area (Å²) in [6.45, 7) is 5.89. The van der Waals surface area contributed by atoms with Gasteiger partial charge in [-0.3, -0.25) is 0 Å². The lowest BCUT2D eigenvalue weighted by Crippen LogP contribution is -1.83. The van der Waals surface area contributed by atoms with Crippen LogP contribution in [0.5, 0.6) is 0 Å².